The van der Waals surface area contributed by atoms with Gasteiger partial charge < -0.3 is 15.2 Å². The third-order valence-corrected chi connectivity index (χ3v) is 2.87. The number of rotatable bonds is 2. The Labute approximate surface area is 81.4 Å². The highest BCUT2D eigenvalue weighted by atomic mass is 16.5. The Bertz CT molecular complexity index is 260. The van der Waals surface area contributed by atoms with Gasteiger partial charge in [-0.15, -0.1) is 0 Å². The molecule has 0 spiro atoms. The number of carbonyl (C=O) groups excluding carboxylic acids is 1. The lowest BCUT2D eigenvalue weighted by molar-refractivity contribution is -0.141. The van der Waals surface area contributed by atoms with Gasteiger partial charge in [-0.2, -0.15) is 0 Å². The van der Waals surface area contributed by atoms with E-state index in [4.69, 9.17) is 9.84 Å². The molecule has 0 aliphatic carbocycles. The van der Waals surface area contributed by atoms with E-state index in [1.807, 2.05) is 0 Å². The fraction of sp³-hybridized carbons (Fsp3) is 0.778. The molecule has 0 bridgehead atoms. The molecule has 2 saturated heterocycles. The Morgan fingerprint density at radius 2 is 2.36 bits per heavy atom. The first kappa shape index (κ1) is 9.45. The van der Waals surface area contributed by atoms with E-state index in [1.165, 1.54) is 0 Å². The van der Waals surface area contributed by atoms with Crippen LogP contribution in [0.2, 0.25) is 0 Å². The highest BCUT2D eigenvalue weighted by Crippen LogP contribution is 2.29. The first-order chi connectivity index (χ1) is 6.68. The summed E-state index contributed by atoms with van der Waals surface area (Å²) < 4.78 is 5.41. The van der Waals surface area contributed by atoms with E-state index < -0.39 is 12.0 Å². The average molecular weight is 199 g/mol. The van der Waals surface area contributed by atoms with Crippen molar-refractivity contribution < 1.29 is 19.4 Å². The van der Waals surface area contributed by atoms with Crippen LogP contribution in [0, 0.1) is 5.92 Å². The summed E-state index contributed by atoms with van der Waals surface area (Å²) in [6.45, 7) is 0.682. The zero-order valence-corrected chi connectivity index (χ0v) is 7.73. The summed E-state index contributed by atoms with van der Waals surface area (Å²) in [5, 5.41) is 11.4. The van der Waals surface area contributed by atoms with Gasteiger partial charge in [0.2, 0.25) is 5.91 Å². The third kappa shape index (κ3) is 1.59. The van der Waals surface area contributed by atoms with Crippen LogP contribution in [-0.2, 0) is 14.3 Å². The first-order valence-corrected chi connectivity index (χ1v) is 4.82. The topological polar surface area (TPSA) is 75.6 Å². The van der Waals surface area contributed by atoms with Crippen molar-refractivity contribution in [3.05, 3.63) is 0 Å². The first-order valence-electron chi connectivity index (χ1n) is 4.82. The summed E-state index contributed by atoms with van der Waals surface area (Å²) in [5.41, 5.74) is 0. The lowest BCUT2D eigenvalue weighted by Gasteiger charge is -2.20. The van der Waals surface area contributed by atoms with Crippen molar-refractivity contribution in [1.29, 1.82) is 0 Å². The van der Waals surface area contributed by atoms with Crippen LogP contribution in [0.4, 0.5) is 0 Å². The minimum absolute atomic E-state index is 0.0601. The van der Waals surface area contributed by atoms with Crippen LogP contribution in [-0.4, -0.2) is 35.7 Å². The van der Waals surface area contributed by atoms with E-state index in [2.05, 4.69) is 5.32 Å². The molecule has 3 unspecified atom stereocenters. The molecule has 78 valence electrons. The summed E-state index contributed by atoms with van der Waals surface area (Å²) in [7, 11) is 0. The van der Waals surface area contributed by atoms with Gasteiger partial charge in [-0.05, 0) is 12.8 Å². The minimum atomic E-state index is -0.962. The van der Waals surface area contributed by atoms with Gasteiger partial charge in [-0.3, -0.25) is 4.79 Å². The maximum Gasteiger partial charge on any atom is 0.326 e. The normalized spacial score (nSPS) is 37.1. The molecule has 2 heterocycles. The number of aliphatic carboxylic acids is 1. The molecule has 2 N–H and O–H groups in total. The van der Waals surface area contributed by atoms with Crippen molar-refractivity contribution >= 4 is 11.9 Å². The predicted molar refractivity (Wildman–Crippen MR) is 46.6 cm³/mol. The molecular weight excluding hydrogens is 186 g/mol. The molecule has 5 nitrogen and oxygen atoms in total. The van der Waals surface area contributed by atoms with Gasteiger partial charge in [0.15, 0.2) is 0 Å². The maximum atomic E-state index is 11.1. The zero-order valence-electron chi connectivity index (χ0n) is 7.73. The van der Waals surface area contributed by atoms with E-state index in [0.717, 1.165) is 12.8 Å². The number of amides is 1. The SMILES string of the molecule is O=C1CC(C2CCCO2)C(C(=O)O)N1. The predicted octanol–water partition coefficient (Wildman–Crippen LogP) is -0.245. The number of carbonyl (C=O) groups is 2. The molecule has 0 aromatic heterocycles. The summed E-state index contributed by atoms with van der Waals surface area (Å²) in [6, 6.07) is -0.759. The van der Waals surface area contributed by atoms with Crippen LogP contribution >= 0.6 is 0 Å². The molecule has 5 heteroatoms. The van der Waals surface area contributed by atoms with Crippen LogP contribution in [0.3, 0.4) is 0 Å². The molecule has 0 radical (unpaired) electrons. The van der Waals surface area contributed by atoms with E-state index in [0.29, 0.717) is 6.61 Å². The quantitative estimate of drug-likeness (QED) is 0.643. The largest absolute Gasteiger partial charge is 0.480 e. The zero-order chi connectivity index (χ0) is 10.1. The lowest BCUT2D eigenvalue weighted by Crippen LogP contribution is -2.40. The lowest BCUT2D eigenvalue weighted by atomic mass is 9.92. The summed E-state index contributed by atoms with van der Waals surface area (Å²) in [6.07, 6.45) is 2.04. The third-order valence-electron chi connectivity index (χ3n) is 2.87. The molecule has 14 heavy (non-hydrogen) atoms. The second kappa shape index (κ2) is 3.57. The molecule has 2 fully saturated rings. The highest BCUT2D eigenvalue weighted by molar-refractivity contribution is 5.88. The molecule has 1 amide bonds. The molecule has 2 rings (SSSR count). The van der Waals surface area contributed by atoms with Crippen molar-refractivity contribution in [2.24, 2.45) is 5.92 Å². The average Bonchev–Trinajstić information content (AvgIpc) is 2.70. The van der Waals surface area contributed by atoms with Crippen LogP contribution < -0.4 is 5.32 Å². The van der Waals surface area contributed by atoms with Gasteiger partial charge in [0, 0.05) is 18.9 Å². The van der Waals surface area contributed by atoms with Gasteiger partial charge in [-0.25, -0.2) is 4.79 Å². The maximum absolute atomic E-state index is 11.1. The summed E-state index contributed by atoms with van der Waals surface area (Å²) in [4.78, 5) is 21.9. The molecule has 0 saturated carbocycles. The van der Waals surface area contributed by atoms with Crippen molar-refractivity contribution in [3.8, 4) is 0 Å². The van der Waals surface area contributed by atoms with Gasteiger partial charge in [0.25, 0.3) is 0 Å². The molecule has 0 aromatic carbocycles. The van der Waals surface area contributed by atoms with Crippen molar-refractivity contribution in [2.75, 3.05) is 6.61 Å². The van der Waals surface area contributed by atoms with Crippen LogP contribution in [0.5, 0.6) is 0 Å². The molecule has 2 aliphatic rings. The molecule has 0 aromatic rings. The van der Waals surface area contributed by atoms with Crippen LogP contribution in [0.25, 0.3) is 0 Å². The smallest absolute Gasteiger partial charge is 0.326 e. The van der Waals surface area contributed by atoms with Crippen molar-refractivity contribution in [1.82, 2.24) is 5.32 Å². The van der Waals surface area contributed by atoms with Crippen molar-refractivity contribution in [2.45, 2.75) is 31.4 Å². The molecule has 3 atom stereocenters. The standard InChI is InChI=1S/C9H13NO4/c11-7-4-5(6-2-1-3-14-6)8(10-7)9(12)13/h5-6,8H,1-4H2,(H,10,11)(H,12,13). The Kier molecular flexibility index (Phi) is 2.41. The molecule has 2 aliphatic heterocycles. The Balaban J connectivity index is 2.08. The Hall–Kier alpha value is -1.10. The summed E-state index contributed by atoms with van der Waals surface area (Å²) in [5.74, 6) is -1.34. The van der Waals surface area contributed by atoms with Crippen LogP contribution in [0.15, 0.2) is 0 Å². The van der Waals surface area contributed by atoms with Gasteiger partial charge in [0.1, 0.15) is 6.04 Å². The number of carboxylic acids is 1. The fourth-order valence-electron chi connectivity index (χ4n) is 2.20. The molecular formula is C9H13NO4. The monoisotopic (exact) mass is 199 g/mol. The fourth-order valence-corrected chi connectivity index (χ4v) is 2.20. The van der Waals surface area contributed by atoms with Crippen LogP contribution in [0.1, 0.15) is 19.3 Å². The van der Waals surface area contributed by atoms with E-state index in [-0.39, 0.29) is 24.3 Å². The van der Waals surface area contributed by atoms with E-state index in [9.17, 15) is 9.59 Å². The Morgan fingerprint density at radius 3 is 2.93 bits per heavy atom. The van der Waals surface area contributed by atoms with Gasteiger partial charge in [0.05, 0.1) is 6.10 Å². The second-order valence-electron chi connectivity index (χ2n) is 3.80. The van der Waals surface area contributed by atoms with Gasteiger partial charge >= 0.3 is 5.97 Å². The van der Waals surface area contributed by atoms with Gasteiger partial charge in [-0.1, -0.05) is 0 Å². The van der Waals surface area contributed by atoms with E-state index >= 15 is 0 Å². The number of hydrogen-bond acceptors (Lipinski definition) is 3. The van der Waals surface area contributed by atoms with Crippen molar-refractivity contribution in [3.63, 3.8) is 0 Å². The Morgan fingerprint density at radius 1 is 1.57 bits per heavy atom. The summed E-state index contributed by atoms with van der Waals surface area (Å²) >= 11 is 0. The number of hydrogen-bond donors (Lipinski definition) is 2. The number of nitrogens with one attached hydrogen (secondary N) is 1. The number of ether oxygens (including phenoxy) is 1. The minimum Gasteiger partial charge on any atom is -0.480 e. The van der Waals surface area contributed by atoms with E-state index in [1.54, 1.807) is 0 Å². The number of carboxylic acid groups (broad SMARTS) is 1. The second-order valence-corrected chi connectivity index (χ2v) is 3.80. The highest BCUT2D eigenvalue weighted by Gasteiger charge is 2.43.